The van der Waals surface area contributed by atoms with Crippen molar-refractivity contribution in [3.05, 3.63) is 144 Å². The van der Waals surface area contributed by atoms with Crippen LogP contribution in [0.5, 0.6) is 0 Å². The van der Waals surface area contributed by atoms with Crippen LogP contribution in [-0.2, 0) is 45.0 Å². The largest absolute Gasteiger partial charge is 0.445 e. The molecule has 4 aromatic carbocycles. The SMILES string of the molecule is O=C1CN(/N=C/C(Cc2ccccc2)NC(=O)C(Cc2c[nH]c3ccccc23)NC(=O)C(Cc2c[nH]c3ccccc23)NC(=O)OCc2ccccc2)C(=O)N1. The van der Waals surface area contributed by atoms with E-state index in [2.05, 4.69) is 36.3 Å². The minimum Gasteiger partial charge on any atom is -0.445 e. The molecule has 2 aromatic heterocycles. The monoisotopic (exact) mass is 752 g/mol. The first kappa shape index (κ1) is 37.1. The molecule has 0 bridgehead atoms. The zero-order chi connectivity index (χ0) is 38.9. The Morgan fingerprint density at radius 1 is 0.679 bits per heavy atom. The summed E-state index contributed by atoms with van der Waals surface area (Å²) in [6, 6.07) is 30.1. The molecule has 0 saturated carbocycles. The van der Waals surface area contributed by atoms with Crippen LogP contribution in [0.15, 0.2) is 127 Å². The molecule has 3 unspecified atom stereocenters. The van der Waals surface area contributed by atoms with Gasteiger partial charge in [0.15, 0.2) is 0 Å². The number of rotatable bonds is 15. The maximum Gasteiger partial charge on any atom is 0.408 e. The smallest absolute Gasteiger partial charge is 0.408 e. The molecule has 3 heterocycles. The van der Waals surface area contributed by atoms with Crippen LogP contribution in [0, 0.1) is 0 Å². The number of nitrogens with one attached hydrogen (secondary N) is 6. The minimum absolute atomic E-state index is 0.00268. The number of imide groups is 1. The van der Waals surface area contributed by atoms with Crippen molar-refractivity contribution in [2.45, 2.75) is 44.0 Å². The van der Waals surface area contributed by atoms with Crippen LogP contribution in [-0.4, -0.2) is 75.7 Å². The van der Waals surface area contributed by atoms with E-state index in [9.17, 15) is 24.0 Å². The number of hydrogen-bond donors (Lipinski definition) is 6. The van der Waals surface area contributed by atoms with Crippen LogP contribution in [0.2, 0.25) is 0 Å². The fourth-order valence-corrected chi connectivity index (χ4v) is 6.62. The summed E-state index contributed by atoms with van der Waals surface area (Å²) in [5.41, 5.74) is 4.95. The van der Waals surface area contributed by atoms with Crippen LogP contribution < -0.4 is 21.3 Å². The van der Waals surface area contributed by atoms with Gasteiger partial charge in [0.25, 0.3) is 0 Å². The van der Waals surface area contributed by atoms with E-state index in [4.69, 9.17) is 4.74 Å². The molecular weight excluding hydrogens is 713 g/mol. The standard InChI is InChI=1S/C42H40N8O6/c51-38-25-50(41(54)49-38)45-24-31(19-27-11-3-1-4-12-27)46-39(52)36(20-29-22-43-34-17-9-7-15-32(29)34)47-40(53)37(21-30-23-44-35-18-10-8-16-33(30)35)48-42(55)56-26-28-13-5-2-6-14-28/h1-18,22-24,31,36-37,43-44H,19-21,25-26H2,(H,46,52)(H,47,53)(H,48,55)(H,49,51,54)/b45-24+. The minimum atomic E-state index is -1.14. The number of carbonyl (C=O) groups excluding carboxylic acids is 5. The van der Waals surface area contributed by atoms with Gasteiger partial charge in [-0.2, -0.15) is 5.10 Å². The number of fused-ring (bicyclic) bond motifs is 2. The van der Waals surface area contributed by atoms with Gasteiger partial charge in [0, 0.05) is 53.3 Å². The van der Waals surface area contributed by atoms with Crippen molar-refractivity contribution < 1.29 is 28.7 Å². The molecule has 6 amide bonds. The van der Waals surface area contributed by atoms with Gasteiger partial charge in [-0.3, -0.25) is 19.7 Å². The first-order valence-corrected chi connectivity index (χ1v) is 18.2. The van der Waals surface area contributed by atoms with Gasteiger partial charge in [0.05, 0.1) is 6.04 Å². The number of ether oxygens (including phenoxy) is 1. The highest BCUT2D eigenvalue weighted by Crippen LogP contribution is 2.21. The summed E-state index contributed by atoms with van der Waals surface area (Å²) < 4.78 is 5.50. The maximum atomic E-state index is 14.4. The van der Waals surface area contributed by atoms with E-state index < -0.39 is 48.0 Å². The second-order valence-corrected chi connectivity index (χ2v) is 13.4. The third kappa shape index (κ3) is 9.28. The highest BCUT2D eigenvalue weighted by atomic mass is 16.5. The first-order chi connectivity index (χ1) is 27.3. The molecule has 284 valence electrons. The molecular formula is C42H40N8O6. The highest BCUT2D eigenvalue weighted by Gasteiger charge is 2.31. The normalized spacial score (nSPS) is 14.4. The molecule has 3 atom stereocenters. The number of aromatic amines is 2. The number of urea groups is 1. The average Bonchev–Trinajstić information content (AvgIpc) is 3.92. The van der Waals surface area contributed by atoms with Gasteiger partial charge in [0.1, 0.15) is 25.2 Å². The second-order valence-electron chi connectivity index (χ2n) is 13.4. The van der Waals surface area contributed by atoms with Crippen molar-refractivity contribution in [1.82, 2.24) is 36.2 Å². The Hall–Kier alpha value is -7.22. The average molecular weight is 753 g/mol. The summed E-state index contributed by atoms with van der Waals surface area (Å²) in [6.45, 7) is -0.253. The van der Waals surface area contributed by atoms with E-state index in [0.29, 0.717) is 6.42 Å². The Balaban J connectivity index is 1.16. The number of hydrazone groups is 1. The van der Waals surface area contributed by atoms with Gasteiger partial charge >= 0.3 is 12.1 Å². The van der Waals surface area contributed by atoms with Crippen molar-refractivity contribution in [3.8, 4) is 0 Å². The van der Waals surface area contributed by atoms with Crippen LogP contribution in [0.1, 0.15) is 22.3 Å². The van der Waals surface area contributed by atoms with Crippen molar-refractivity contribution in [3.63, 3.8) is 0 Å². The van der Waals surface area contributed by atoms with E-state index in [0.717, 1.165) is 49.1 Å². The molecule has 0 radical (unpaired) electrons. The van der Waals surface area contributed by atoms with Crippen molar-refractivity contribution in [2.24, 2.45) is 5.10 Å². The Kier molecular flexibility index (Phi) is 11.5. The molecule has 6 aromatic rings. The predicted molar refractivity (Wildman–Crippen MR) is 210 cm³/mol. The van der Waals surface area contributed by atoms with Crippen molar-refractivity contribution >= 4 is 57.9 Å². The molecule has 0 spiro atoms. The predicted octanol–water partition coefficient (Wildman–Crippen LogP) is 4.48. The van der Waals surface area contributed by atoms with Crippen LogP contribution >= 0.6 is 0 Å². The molecule has 14 nitrogen and oxygen atoms in total. The number of benzene rings is 4. The lowest BCUT2D eigenvalue weighted by molar-refractivity contribution is -0.130. The fraction of sp³-hybridized carbons (Fsp3) is 0.190. The maximum absolute atomic E-state index is 14.4. The Morgan fingerprint density at radius 2 is 1.21 bits per heavy atom. The van der Waals surface area contributed by atoms with Gasteiger partial charge < -0.3 is 30.7 Å². The van der Waals surface area contributed by atoms with E-state index in [1.807, 2.05) is 109 Å². The van der Waals surface area contributed by atoms with E-state index in [-0.39, 0.29) is 26.0 Å². The Labute approximate surface area is 321 Å². The summed E-state index contributed by atoms with van der Waals surface area (Å²) >= 11 is 0. The molecule has 1 aliphatic heterocycles. The van der Waals surface area contributed by atoms with Crippen LogP contribution in [0.4, 0.5) is 9.59 Å². The highest BCUT2D eigenvalue weighted by molar-refractivity contribution is 6.02. The number of carbonyl (C=O) groups is 5. The molecule has 6 N–H and O–H groups in total. The Morgan fingerprint density at radius 3 is 1.80 bits per heavy atom. The number of para-hydroxylation sites is 2. The van der Waals surface area contributed by atoms with Gasteiger partial charge in [-0.1, -0.05) is 97.1 Å². The topological polar surface area (TPSA) is 190 Å². The van der Waals surface area contributed by atoms with Crippen molar-refractivity contribution in [1.29, 1.82) is 0 Å². The summed E-state index contributed by atoms with van der Waals surface area (Å²) in [6.07, 6.45) is 4.68. The van der Waals surface area contributed by atoms with E-state index in [1.54, 1.807) is 12.4 Å². The quantitative estimate of drug-likeness (QED) is 0.0663. The van der Waals surface area contributed by atoms with Gasteiger partial charge in [0.2, 0.25) is 17.7 Å². The number of aromatic nitrogens is 2. The fourth-order valence-electron chi connectivity index (χ4n) is 6.62. The lowest BCUT2D eigenvalue weighted by Gasteiger charge is -2.25. The summed E-state index contributed by atoms with van der Waals surface area (Å²) in [5, 5.41) is 17.8. The zero-order valence-electron chi connectivity index (χ0n) is 30.2. The third-order valence-electron chi connectivity index (χ3n) is 9.44. The lowest BCUT2D eigenvalue weighted by Crippen LogP contribution is -2.56. The van der Waals surface area contributed by atoms with E-state index >= 15 is 0 Å². The third-order valence-corrected chi connectivity index (χ3v) is 9.44. The van der Waals surface area contributed by atoms with Gasteiger partial charge in [-0.05, 0) is 40.8 Å². The molecule has 56 heavy (non-hydrogen) atoms. The Bertz CT molecular complexity index is 2370. The lowest BCUT2D eigenvalue weighted by atomic mass is 10.0. The summed E-state index contributed by atoms with van der Waals surface area (Å²) in [7, 11) is 0. The molecule has 0 aliphatic carbocycles. The first-order valence-electron chi connectivity index (χ1n) is 18.2. The van der Waals surface area contributed by atoms with Crippen molar-refractivity contribution in [2.75, 3.05) is 6.54 Å². The zero-order valence-corrected chi connectivity index (χ0v) is 30.2. The molecule has 1 saturated heterocycles. The number of nitrogens with zero attached hydrogens (tertiary/aromatic N) is 2. The summed E-state index contributed by atoms with van der Waals surface area (Å²) in [5.74, 6) is -1.63. The molecule has 1 aliphatic rings. The molecule has 14 heteroatoms. The van der Waals surface area contributed by atoms with Crippen LogP contribution in [0.25, 0.3) is 21.8 Å². The summed E-state index contributed by atoms with van der Waals surface area (Å²) in [4.78, 5) is 72.5. The molecule has 1 fully saturated rings. The van der Waals surface area contributed by atoms with E-state index in [1.165, 1.54) is 6.21 Å². The number of amides is 6. The number of alkyl carbamates (subject to hydrolysis) is 1. The van der Waals surface area contributed by atoms with Crippen LogP contribution in [0.3, 0.4) is 0 Å². The number of H-pyrrole nitrogens is 2. The molecule has 7 rings (SSSR count). The van der Waals surface area contributed by atoms with Gasteiger partial charge in [-0.15, -0.1) is 0 Å². The van der Waals surface area contributed by atoms with Gasteiger partial charge in [-0.25, -0.2) is 14.6 Å². The second kappa shape index (κ2) is 17.3. The number of hydrogen-bond acceptors (Lipinski definition) is 7.